The van der Waals surface area contributed by atoms with Crippen LogP contribution in [0.2, 0.25) is 0 Å². The maximum absolute atomic E-state index is 12.3. The lowest BCUT2D eigenvalue weighted by Crippen LogP contribution is -2.13. The summed E-state index contributed by atoms with van der Waals surface area (Å²) in [4.78, 5) is 0.159. The standard InChI is InChI=1S/C14H11BrN2O2S/c1-10-2-6-13(7-3-10)20(18,19)17-14-8-12(15)5-4-11(14)9-16/h2-8,17H,1H3. The van der Waals surface area contributed by atoms with E-state index in [1.807, 2.05) is 13.0 Å². The second-order valence-corrected chi connectivity index (χ2v) is 6.82. The molecule has 0 aliphatic heterocycles. The molecule has 0 amide bonds. The van der Waals surface area contributed by atoms with Crippen LogP contribution in [-0.2, 0) is 10.0 Å². The Morgan fingerprint density at radius 3 is 2.40 bits per heavy atom. The molecule has 0 aliphatic rings. The number of halogens is 1. The Kier molecular flexibility index (Phi) is 4.12. The van der Waals surface area contributed by atoms with Crippen LogP contribution in [0.3, 0.4) is 0 Å². The topological polar surface area (TPSA) is 70.0 Å². The molecule has 2 rings (SSSR count). The number of rotatable bonds is 3. The third kappa shape index (κ3) is 3.18. The molecule has 1 N–H and O–H groups in total. The number of sulfonamides is 1. The number of hydrogen-bond donors (Lipinski definition) is 1. The summed E-state index contributed by atoms with van der Waals surface area (Å²) in [6.07, 6.45) is 0. The van der Waals surface area contributed by atoms with Crippen molar-refractivity contribution in [2.24, 2.45) is 0 Å². The third-order valence-electron chi connectivity index (χ3n) is 2.68. The fourth-order valence-electron chi connectivity index (χ4n) is 1.62. The molecule has 0 aliphatic carbocycles. The van der Waals surface area contributed by atoms with Gasteiger partial charge in [0, 0.05) is 4.47 Å². The van der Waals surface area contributed by atoms with E-state index in [1.54, 1.807) is 30.3 Å². The zero-order valence-electron chi connectivity index (χ0n) is 10.6. The lowest BCUT2D eigenvalue weighted by molar-refractivity contribution is 0.601. The van der Waals surface area contributed by atoms with Crippen LogP contribution in [0.1, 0.15) is 11.1 Å². The SMILES string of the molecule is Cc1ccc(S(=O)(=O)Nc2cc(Br)ccc2C#N)cc1. The van der Waals surface area contributed by atoms with E-state index in [-0.39, 0.29) is 16.1 Å². The highest BCUT2D eigenvalue weighted by Crippen LogP contribution is 2.24. The van der Waals surface area contributed by atoms with Crippen LogP contribution in [-0.4, -0.2) is 8.42 Å². The van der Waals surface area contributed by atoms with E-state index >= 15 is 0 Å². The fourth-order valence-corrected chi connectivity index (χ4v) is 3.05. The van der Waals surface area contributed by atoms with Crippen LogP contribution < -0.4 is 4.72 Å². The molecule has 6 heteroatoms. The molecule has 0 heterocycles. The average Bonchev–Trinajstić information content (AvgIpc) is 2.39. The Balaban J connectivity index is 2.41. The van der Waals surface area contributed by atoms with Crippen molar-refractivity contribution in [1.29, 1.82) is 5.26 Å². The van der Waals surface area contributed by atoms with E-state index in [0.717, 1.165) is 5.56 Å². The summed E-state index contributed by atoms with van der Waals surface area (Å²) in [7, 11) is -3.70. The quantitative estimate of drug-likeness (QED) is 0.921. The first-order valence-electron chi connectivity index (χ1n) is 5.71. The van der Waals surface area contributed by atoms with E-state index in [2.05, 4.69) is 20.7 Å². The molecule has 2 aromatic rings. The van der Waals surface area contributed by atoms with E-state index in [9.17, 15) is 8.42 Å². The van der Waals surface area contributed by atoms with Gasteiger partial charge in [-0.15, -0.1) is 0 Å². The molecule has 0 radical (unpaired) electrons. The fraction of sp³-hybridized carbons (Fsp3) is 0.0714. The molecule has 0 saturated heterocycles. The van der Waals surface area contributed by atoms with Gasteiger partial charge in [0.05, 0.1) is 16.1 Å². The molecular formula is C14H11BrN2O2S. The van der Waals surface area contributed by atoms with Gasteiger partial charge in [-0.2, -0.15) is 5.26 Å². The first-order chi connectivity index (χ1) is 9.42. The van der Waals surface area contributed by atoms with Gasteiger partial charge in [0.2, 0.25) is 0 Å². The van der Waals surface area contributed by atoms with Crippen molar-refractivity contribution in [1.82, 2.24) is 0 Å². The normalized spacial score (nSPS) is 10.8. The number of nitrogens with one attached hydrogen (secondary N) is 1. The van der Waals surface area contributed by atoms with Crippen molar-refractivity contribution in [2.45, 2.75) is 11.8 Å². The Morgan fingerprint density at radius 1 is 1.15 bits per heavy atom. The Bertz CT molecular complexity index is 778. The highest BCUT2D eigenvalue weighted by Gasteiger charge is 2.16. The minimum absolute atomic E-state index is 0.159. The number of nitrogens with zero attached hydrogens (tertiary/aromatic N) is 1. The molecule has 0 saturated carbocycles. The molecule has 4 nitrogen and oxygen atoms in total. The Labute approximate surface area is 126 Å². The predicted molar refractivity (Wildman–Crippen MR) is 80.8 cm³/mol. The van der Waals surface area contributed by atoms with E-state index in [4.69, 9.17) is 5.26 Å². The number of benzene rings is 2. The maximum Gasteiger partial charge on any atom is 0.261 e. The van der Waals surface area contributed by atoms with Crippen LogP contribution in [0.25, 0.3) is 0 Å². The first-order valence-corrected chi connectivity index (χ1v) is 7.99. The Hall–Kier alpha value is -1.84. The van der Waals surface area contributed by atoms with Gasteiger partial charge < -0.3 is 0 Å². The van der Waals surface area contributed by atoms with Gasteiger partial charge in [0.1, 0.15) is 6.07 Å². The smallest absolute Gasteiger partial charge is 0.261 e. The lowest BCUT2D eigenvalue weighted by atomic mass is 10.2. The molecule has 0 fully saturated rings. The largest absolute Gasteiger partial charge is 0.278 e. The summed E-state index contributed by atoms with van der Waals surface area (Å²) in [5, 5.41) is 9.01. The average molecular weight is 351 g/mol. The molecule has 102 valence electrons. The van der Waals surface area contributed by atoms with Gasteiger partial charge >= 0.3 is 0 Å². The molecule has 0 atom stereocenters. The molecule has 20 heavy (non-hydrogen) atoms. The third-order valence-corrected chi connectivity index (χ3v) is 4.55. The van der Waals surface area contributed by atoms with Crippen molar-refractivity contribution >= 4 is 31.6 Å². The maximum atomic E-state index is 12.3. The minimum atomic E-state index is -3.70. The number of anilines is 1. The zero-order chi connectivity index (χ0) is 14.8. The second kappa shape index (κ2) is 5.65. The first kappa shape index (κ1) is 14.6. The summed E-state index contributed by atoms with van der Waals surface area (Å²) in [5.41, 5.74) is 1.50. The molecule has 0 unspecified atom stereocenters. The Morgan fingerprint density at radius 2 is 1.80 bits per heavy atom. The van der Waals surface area contributed by atoms with Crippen molar-refractivity contribution < 1.29 is 8.42 Å². The lowest BCUT2D eigenvalue weighted by Gasteiger charge is -2.10. The van der Waals surface area contributed by atoms with Gasteiger partial charge in [-0.25, -0.2) is 8.42 Å². The van der Waals surface area contributed by atoms with E-state index < -0.39 is 10.0 Å². The highest BCUT2D eigenvalue weighted by atomic mass is 79.9. The monoisotopic (exact) mass is 350 g/mol. The predicted octanol–water partition coefficient (Wildman–Crippen LogP) is 3.43. The van der Waals surface area contributed by atoms with E-state index in [0.29, 0.717) is 4.47 Å². The molecular weight excluding hydrogens is 340 g/mol. The summed E-state index contributed by atoms with van der Waals surface area (Å²) in [5.74, 6) is 0. The number of aryl methyl sites for hydroxylation is 1. The van der Waals surface area contributed by atoms with Crippen LogP contribution in [0.15, 0.2) is 51.8 Å². The van der Waals surface area contributed by atoms with Crippen molar-refractivity contribution in [3.05, 3.63) is 58.1 Å². The van der Waals surface area contributed by atoms with Crippen molar-refractivity contribution in [3.8, 4) is 6.07 Å². The van der Waals surface area contributed by atoms with E-state index in [1.165, 1.54) is 12.1 Å². The van der Waals surface area contributed by atoms with Crippen molar-refractivity contribution in [2.75, 3.05) is 4.72 Å². The second-order valence-electron chi connectivity index (χ2n) is 4.22. The van der Waals surface area contributed by atoms with Crippen LogP contribution >= 0.6 is 15.9 Å². The van der Waals surface area contributed by atoms with Gasteiger partial charge in [0.15, 0.2) is 0 Å². The summed E-state index contributed by atoms with van der Waals surface area (Å²) in [6.45, 7) is 1.88. The van der Waals surface area contributed by atoms with Gasteiger partial charge in [-0.3, -0.25) is 4.72 Å². The van der Waals surface area contributed by atoms with Crippen molar-refractivity contribution in [3.63, 3.8) is 0 Å². The van der Waals surface area contributed by atoms with Crippen LogP contribution in [0, 0.1) is 18.3 Å². The van der Waals surface area contributed by atoms with Crippen LogP contribution in [0.5, 0.6) is 0 Å². The summed E-state index contributed by atoms with van der Waals surface area (Å²) < 4.78 is 27.6. The molecule has 0 aromatic heterocycles. The number of hydrogen-bond acceptors (Lipinski definition) is 3. The minimum Gasteiger partial charge on any atom is -0.278 e. The molecule has 0 bridgehead atoms. The van der Waals surface area contributed by atoms with Gasteiger partial charge in [0.25, 0.3) is 10.0 Å². The molecule has 0 spiro atoms. The van der Waals surface area contributed by atoms with Gasteiger partial charge in [-0.05, 0) is 37.3 Å². The van der Waals surface area contributed by atoms with Gasteiger partial charge in [-0.1, -0.05) is 33.6 Å². The molecule has 2 aromatic carbocycles. The summed E-state index contributed by atoms with van der Waals surface area (Å²) in [6, 6.07) is 13.3. The number of nitriles is 1. The van der Waals surface area contributed by atoms with Crippen LogP contribution in [0.4, 0.5) is 5.69 Å². The zero-order valence-corrected chi connectivity index (χ0v) is 13.0. The summed E-state index contributed by atoms with van der Waals surface area (Å²) >= 11 is 3.25. The highest BCUT2D eigenvalue weighted by molar-refractivity contribution is 9.10.